The summed E-state index contributed by atoms with van der Waals surface area (Å²) >= 11 is 0. The van der Waals surface area contributed by atoms with E-state index in [1.54, 1.807) is 0 Å². The van der Waals surface area contributed by atoms with Crippen molar-refractivity contribution in [3.8, 4) is 0 Å². The zero-order valence-electron chi connectivity index (χ0n) is 13.5. The van der Waals surface area contributed by atoms with E-state index in [1.165, 1.54) is 30.4 Å². The molecule has 1 aliphatic carbocycles. The van der Waals surface area contributed by atoms with Crippen LogP contribution in [0.4, 0.5) is 0 Å². The van der Waals surface area contributed by atoms with Gasteiger partial charge in [-0.25, -0.2) is 0 Å². The smallest absolute Gasteiger partial charge is 0.0250 e. The Balaban J connectivity index is 2.03. The van der Waals surface area contributed by atoms with Crippen LogP contribution >= 0.6 is 0 Å². The number of hydrogen-bond donors (Lipinski definition) is 1. The third-order valence-electron chi connectivity index (χ3n) is 5.10. The fourth-order valence-electron chi connectivity index (χ4n) is 3.49. The molecule has 1 aromatic carbocycles. The molecule has 112 valence electrons. The van der Waals surface area contributed by atoms with E-state index in [0.29, 0.717) is 12.1 Å². The molecule has 20 heavy (non-hydrogen) atoms. The Labute approximate surface area is 124 Å². The summed E-state index contributed by atoms with van der Waals surface area (Å²) in [4.78, 5) is 2.47. The number of rotatable bonds is 4. The standard InChI is InChI=1S/C18H30N2/c1-13(2)15-9-10-17(19)18(11-15)20(4)12-16-8-6-5-7-14(16)3/h5-8,13,15,17-18H,9-12,19H2,1-4H3. The second-order valence-electron chi connectivity index (χ2n) is 6.89. The summed E-state index contributed by atoms with van der Waals surface area (Å²) in [6, 6.07) is 9.53. The molecule has 0 aliphatic heterocycles. The van der Waals surface area contributed by atoms with Crippen molar-refractivity contribution in [3.05, 3.63) is 35.4 Å². The Morgan fingerprint density at radius 1 is 1.25 bits per heavy atom. The molecular formula is C18H30N2. The van der Waals surface area contributed by atoms with Crippen molar-refractivity contribution >= 4 is 0 Å². The maximum absolute atomic E-state index is 6.39. The largest absolute Gasteiger partial charge is 0.326 e. The summed E-state index contributed by atoms with van der Waals surface area (Å²) in [6.45, 7) is 7.90. The van der Waals surface area contributed by atoms with Crippen molar-refractivity contribution in [2.24, 2.45) is 17.6 Å². The number of likely N-dealkylation sites (N-methyl/N-ethyl adjacent to an activating group) is 1. The van der Waals surface area contributed by atoms with Gasteiger partial charge in [0.15, 0.2) is 0 Å². The van der Waals surface area contributed by atoms with Gasteiger partial charge in [-0.15, -0.1) is 0 Å². The van der Waals surface area contributed by atoms with Crippen molar-refractivity contribution in [2.75, 3.05) is 7.05 Å². The summed E-state index contributed by atoms with van der Waals surface area (Å²) in [6.07, 6.45) is 3.72. The fourth-order valence-corrected chi connectivity index (χ4v) is 3.49. The molecule has 1 aliphatic rings. The molecule has 0 heterocycles. The normalized spacial score (nSPS) is 27.2. The summed E-state index contributed by atoms with van der Waals surface area (Å²) < 4.78 is 0. The molecule has 2 heteroatoms. The lowest BCUT2D eigenvalue weighted by molar-refractivity contribution is 0.113. The van der Waals surface area contributed by atoms with Crippen LogP contribution < -0.4 is 5.73 Å². The van der Waals surface area contributed by atoms with Crippen LogP contribution in [0, 0.1) is 18.8 Å². The summed E-state index contributed by atoms with van der Waals surface area (Å²) in [5.41, 5.74) is 9.20. The van der Waals surface area contributed by atoms with Gasteiger partial charge in [-0.2, -0.15) is 0 Å². The van der Waals surface area contributed by atoms with Crippen molar-refractivity contribution in [1.82, 2.24) is 4.90 Å². The van der Waals surface area contributed by atoms with E-state index in [-0.39, 0.29) is 0 Å². The topological polar surface area (TPSA) is 29.3 Å². The summed E-state index contributed by atoms with van der Waals surface area (Å²) in [5, 5.41) is 0. The predicted molar refractivity (Wildman–Crippen MR) is 86.6 cm³/mol. The molecular weight excluding hydrogens is 244 g/mol. The van der Waals surface area contributed by atoms with Gasteiger partial charge in [-0.05, 0) is 56.2 Å². The Hall–Kier alpha value is -0.860. The molecule has 0 radical (unpaired) electrons. The van der Waals surface area contributed by atoms with Crippen LogP contribution in [0.2, 0.25) is 0 Å². The first kappa shape index (κ1) is 15.5. The number of aryl methyl sites for hydroxylation is 1. The van der Waals surface area contributed by atoms with Crippen molar-refractivity contribution < 1.29 is 0 Å². The van der Waals surface area contributed by atoms with Crippen LogP contribution in [0.3, 0.4) is 0 Å². The number of nitrogens with two attached hydrogens (primary N) is 1. The lowest BCUT2D eigenvalue weighted by atomic mass is 9.76. The van der Waals surface area contributed by atoms with Crippen molar-refractivity contribution in [1.29, 1.82) is 0 Å². The van der Waals surface area contributed by atoms with Crippen molar-refractivity contribution in [2.45, 2.75) is 58.7 Å². The van der Waals surface area contributed by atoms with E-state index in [2.05, 4.69) is 57.0 Å². The lowest BCUT2D eigenvalue weighted by Gasteiger charge is -2.41. The molecule has 3 atom stereocenters. The van der Waals surface area contributed by atoms with Crippen LogP contribution in [-0.4, -0.2) is 24.0 Å². The van der Waals surface area contributed by atoms with E-state index in [4.69, 9.17) is 5.73 Å². The van der Waals surface area contributed by atoms with Gasteiger partial charge in [-0.3, -0.25) is 4.90 Å². The Bertz CT molecular complexity index is 427. The molecule has 1 saturated carbocycles. The van der Waals surface area contributed by atoms with Crippen LogP contribution in [0.25, 0.3) is 0 Å². The van der Waals surface area contributed by atoms with Gasteiger partial charge in [0.25, 0.3) is 0 Å². The van der Waals surface area contributed by atoms with E-state index in [9.17, 15) is 0 Å². The third kappa shape index (κ3) is 3.62. The van der Waals surface area contributed by atoms with Crippen LogP contribution in [0.1, 0.15) is 44.2 Å². The van der Waals surface area contributed by atoms with E-state index in [0.717, 1.165) is 18.4 Å². The Kier molecular flexibility index (Phi) is 5.22. The first-order chi connectivity index (χ1) is 9.49. The summed E-state index contributed by atoms with van der Waals surface area (Å²) in [7, 11) is 2.24. The van der Waals surface area contributed by atoms with Crippen LogP contribution in [0.15, 0.2) is 24.3 Å². The van der Waals surface area contributed by atoms with Crippen LogP contribution in [-0.2, 0) is 6.54 Å². The van der Waals surface area contributed by atoms with E-state index < -0.39 is 0 Å². The zero-order valence-corrected chi connectivity index (χ0v) is 13.5. The minimum absolute atomic E-state index is 0.332. The average Bonchev–Trinajstić information content (AvgIpc) is 2.41. The predicted octanol–water partition coefficient (Wildman–Crippen LogP) is 3.58. The van der Waals surface area contributed by atoms with Gasteiger partial charge in [0.1, 0.15) is 0 Å². The monoisotopic (exact) mass is 274 g/mol. The SMILES string of the molecule is Cc1ccccc1CN(C)C1CC(C(C)C)CCC1N. The van der Waals surface area contributed by atoms with Crippen molar-refractivity contribution in [3.63, 3.8) is 0 Å². The highest BCUT2D eigenvalue weighted by atomic mass is 15.1. The number of hydrogen-bond acceptors (Lipinski definition) is 2. The average molecular weight is 274 g/mol. The molecule has 2 rings (SSSR count). The van der Waals surface area contributed by atoms with Crippen LogP contribution in [0.5, 0.6) is 0 Å². The zero-order chi connectivity index (χ0) is 14.7. The molecule has 3 unspecified atom stereocenters. The Morgan fingerprint density at radius 3 is 2.60 bits per heavy atom. The second-order valence-corrected chi connectivity index (χ2v) is 6.89. The Morgan fingerprint density at radius 2 is 1.95 bits per heavy atom. The van der Waals surface area contributed by atoms with Gasteiger partial charge >= 0.3 is 0 Å². The molecule has 0 saturated heterocycles. The first-order valence-corrected chi connectivity index (χ1v) is 7.99. The highest BCUT2D eigenvalue weighted by Crippen LogP contribution is 2.32. The number of nitrogens with zero attached hydrogens (tertiary/aromatic N) is 1. The first-order valence-electron chi connectivity index (χ1n) is 7.99. The molecule has 0 bridgehead atoms. The van der Waals surface area contributed by atoms with Gasteiger partial charge in [-0.1, -0.05) is 38.1 Å². The second kappa shape index (κ2) is 6.73. The minimum Gasteiger partial charge on any atom is -0.326 e. The molecule has 2 nitrogen and oxygen atoms in total. The maximum atomic E-state index is 6.39. The van der Waals surface area contributed by atoms with Gasteiger partial charge in [0.2, 0.25) is 0 Å². The molecule has 0 spiro atoms. The highest BCUT2D eigenvalue weighted by Gasteiger charge is 2.32. The molecule has 0 amide bonds. The van der Waals surface area contributed by atoms with Gasteiger partial charge < -0.3 is 5.73 Å². The number of benzene rings is 1. The summed E-state index contributed by atoms with van der Waals surface area (Å²) in [5.74, 6) is 1.61. The highest BCUT2D eigenvalue weighted by molar-refractivity contribution is 5.25. The molecule has 2 N–H and O–H groups in total. The van der Waals surface area contributed by atoms with E-state index >= 15 is 0 Å². The maximum Gasteiger partial charge on any atom is 0.0250 e. The molecule has 1 aromatic rings. The van der Waals surface area contributed by atoms with Gasteiger partial charge in [0.05, 0.1) is 0 Å². The van der Waals surface area contributed by atoms with E-state index in [1.807, 2.05) is 0 Å². The fraction of sp³-hybridized carbons (Fsp3) is 0.667. The lowest BCUT2D eigenvalue weighted by Crippen LogP contribution is -2.50. The quantitative estimate of drug-likeness (QED) is 0.909. The third-order valence-corrected chi connectivity index (χ3v) is 5.10. The molecule has 0 aromatic heterocycles. The molecule has 1 fully saturated rings. The van der Waals surface area contributed by atoms with Gasteiger partial charge in [0, 0.05) is 18.6 Å². The minimum atomic E-state index is 0.332.